The highest BCUT2D eigenvalue weighted by atomic mass is 32.1. The predicted molar refractivity (Wildman–Crippen MR) is 108 cm³/mol. The Kier molecular flexibility index (Phi) is 4.64. The number of aromatic amines is 1. The maximum atomic E-state index is 11.4. The van der Waals surface area contributed by atoms with Gasteiger partial charge in [0.25, 0.3) is 0 Å². The van der Waals surface area contributed by atoms with Gasteiger partial charge >= 0.3 is 4.87 Å². The Morgan fingerprint density at radius 3 is 2.93 bits per heavy atom. The van der Waals surface area contributed by atoms with Crippen molar-refractivity contribution in [3.63, 3.8) is 0 Å². The minimum absolute atomic E-state index is 0.121. The molecule has 0 atom stereocenters. The molecule has 0 aromatic carbocycles. The van der Waals surface area contributed by atoms with E-state index in [-0.39, 0.29) is 10.8 Å². The number of H-pyrrole nitrogens is 1. The largest absolute Gasteiger partial charge is 0.493 e. The Morgan fingerprint density at radius 1 is 1.37 bits per heavy atom. The maximum Gasteiger partial charge on any atom is 0.307 e. The van der Waals surface area contributed by atoms with Crippen molar-refractivity contribution >= 4 is 29.1 Å². The number of hydrogen-bond donors (Lipinski definition) is 3. The SMILES string of the molecule is C=C/C=C\C=C\c1cc(=NC2CC2)n2c(n1)C(=Cc1sc(=O)[nH]c1O)CN2. The first-order valence-electron chi connectivity index (χ1n) is 8.64. The van der Waals surface area contributed by atoms with Crippen LogP contribution in [0.5, 0.6) is 5.88 Å². The second kappa shape index (κ2) is 7.24. The predicted octanol–water partition coefficient (Wildman–Crippen LogP) is 2.25. The van der Waals surface area contributed by atoms with E-state index in [9.17, 15) is 9.90 Å². The minimum Gasteiger partial charge on any atom is -0.493 e. The molecule has 3 heterocycles. The van der Waals surface area contributed by atoms with Crippen LogP contribution in [0.2, 0.25) is 0 Å². The molecule has 8 heteroatoms. The standard InChI is InChI=1S/C19H19N5O2S/c1-2-3-4-5-6-14-10-16(21-13-7-8-13)24-17(22-14)12(11-20-24)9-15-18(25)23-19(26)27-15/h2-6,9-10,13,20,25H,1,7-8,11H2,(H,23,26)/b4-3-,6-5+,12-9?,21-16?. The zero-order valence-electron chi connectivity index (χ0n) is 14.6. The van der Waals surface area contributed by atoms with Gasteiger partial charge in [0.15, 0.2) is 11.3 Å². The fraction of sp³-hybridized carbons (Fsp3) is 0.211. The van der Waals surface area contributed by atoms with Crippen molar-refractivity contribution in [1.82, 2.24) is 14.6 Å². The summed E-state index contributed by atoms with van der Waals surface area (Å²) in [6, 6.07) is 2.32. The summed E-state index contributed by atoms with van der Waals surface area (Å²) in [6.07, 6.45) is 13.3. The van der Waals surface area contributed by atoms with Crippen LogP contribution in [0.1, 0.15) is 29.2 Å². The van der Waals surface area contributed by atoms with E-state index in [1.165, 1.54) is 0 Å². The van der Waals surface area contributed by atoms with Crippen molar-refractivity contribution in [2.24, 2.45) is 4.99 Å². The van der Waals surface area contributed by atoms with Gasteiger partial charge in [-0.15, -0.1) is 0 Å². The van der Waals surface area contributed by atoms with E-state index in [2.05, 4.69) is 17.0 Å². The van der Waals surface area contributed by atoms with E-state index in [0.29, 0.717) is 17.5 Å². The summed E-state index contributed by atoms with van der Waals surface area (Å²) in [6.45, 7) is 4.19. The first kappa shape index (κ1) is 17.3. The van der Waals surface area contributed by atoms with Crippen LogP contribution in [0.25, 0.3) is 17.7 Å². The van der Waals surface area contributed by atoms with Crippen molar-refractivity contribution in [2.45, 2.75) is 18.9 Å². The lowest BCUT2D eigenvalue weighted by molar-refractivity contribution is 0.455. The van der Waals surface area contributed by atoms with Gasteiger partial charge in [0.05, 0.1) is 23.2 Å². The molecule has 27 heavy (non-hydrogen) atoms. The molecular weight excluding hydrogens is 362 g/mol. The quantitative estimate of drug-likeness (QED) is 0.692. The fourth-order valence-electron chi connectivity index (χ4n) is 2.70. The maximum absolute atomic E-state index is 11.4. The average Bonchev–Trinajstić information content (AvgIpc) is 3.28. The first-order chi connectivity index (χ1) is 13.1. The van der Waals surface area contributed by atoms with Gasteiger partial charge in [-0.3, -0.25) is 14.8 Å². The highest BCUT2D eigenvalue weighted by Gasteiger charge is 2.23. The summed E-state index contributed by atoms with van der Waals surface area (Å²) in [4.78, 5) is 23.5. The third-order valence-corrected chi connectivity index (χ3v) is 4.94. The molecule has 0 bridgehead atoms. The number of fused-ring (bicyclic) bond motifs is 1. The van der Waals surface area contributed by atoms with Crippen LogP contribution in [-0.2, 0) is 0 Å². The lowest BCUT2D eigenvalue weighted by atomic mass is 10.2. The second-order valence-electron chi connectivity index (χ2n) is 6.27. The molecule has 0 amide bonds. The van der Waals surface area contributed by atoms with E-state index in [1.807, 2.05) is 35.0 Å². The normalized spacial score (nSPS) is 18.5. The molecule has 1 fully saturated rings. The van der Waals surface area contributed by atoms with Crippen molar-refractivity contribution < 1.29 is 5.11 Å². The third-order valence-electron chi connectivity index (χ3n) is 4.12. The van der Waals surface area contributed by atoms with Gasteiger partial charge in [-0.05, 0) is 25.0 Å². The molecule has 1 aliphatic carbocycles. The van der Waals surface area contributed by atoms with Crippen molar-refractivity contribution in [3.05, 3.63) is 68.5 Å². The molecular formula is C19H19N5O2S. The van der Waals surface area contributed by atoms with Gasteiger partial charge < -0.3 is 10.5 Å². The number of hydrogen-bond acceptors (Lipinski definition) is 6. The van der Waals surface area contributed by atoms with Crippen LogP contribution in [0.3, 0.4) is 0 Å². The lowest BCUT2D eigenvalue weighted by Gasteiger charge is -2.06. The second-order valence-corrected chi connectivity index (χ2v) is 7.28. The number of aromatic hydroxyl groups is 1. The van der Waals surface area contributed by atoms with E-state index in [1.54, 1.807) is 12.2 Å². The van der Waals surface area contributed by atoms with E-state index < -0.39 is 0 Å². The number of nitrogens with zero attached hydrogens (tertiary/aromatic N) is 3. The van der Waals surface area contributed by atoms with Crippen LogP contribution in [0.15, 0.2) is 46.7 Å². The van der Waals surface area contributed by atoms with Crippen LogP contribution >= 0.6 is 11.3 Å². The highest BCUT2D eigenvalue weighted by Crippen LogP contribution is 2.26. The molecule has 1 aliphatic heterocycles. The Balaban J connectivity index is 1.79. The summed E-state index contributed by atoms with van der Waals surface area (Å²) >= 11 is 0.966. The molecule has 2 aliphatic rings. The van der Waals surface area contributed by atoms with Gasteiger partial charge in [-0.1, -0.05) is 42.2 Å². The van der Waals surface area contributed by atoms with Crippen LogP contribution in [-0.4, -0.2) is 32.3 Å². The van der Waals surface area contributed by atoms with Gasteiger partial charge in [-0.2, -0.15) is 0 Å². The number of aromatic nitrogens is 3. The monoisotopic (exact) mass is 381 g/mol. The van der Waals surface area contributed by atoms with Crippen molar-refractivity contribution in [3.8, 4) is 5.88 Å². The van der Waals surface area contributed by atoms with E-state index >= 15 is 0 Å². The zero-order chi connectivity index (χ0) is 18.8. The summed E-state index contributed by atoms with van der Waals surface area (Å²) in [7, 11) is 0. The molecule has 1 saturated carbocycles. The molecule has 3 N–H and O–H groups in total. The van der Waals surface area contributed by atoms with Gasteiger partial charge in [0.2, 0.25) is 5.88 Å². The van der Waals surface area contributed by atoms with Crippen molar-refractivity contribution in [1.29, 1.82) is 0 Å². The Labute approximate surface area is 159 Å². The number of rotatable bonds is 5. The van der Waals surface area contributed by atoms with Gasteiger partial charge in [0.1, 0.15) is 0 Å². The summed E-state index contributed by atoms with van der Waals surface area (Å²) < 4.78 is 1.87. The smallest absolute Gasteiger partial charge is 0.307 e. The van der Waals surface area contributed by atoms with Crippen LogP contribution in [0, 0.1) is 0 Å². The number of thiazole rings is 1. The molecule has 0 spiro atoms. The van der Waals surface area contributed by atoms with Crippen LogP contribution in [0.4, 0.5) is 0 Å². The van der Waals surface area contributed by atoms with Gasteiger partial charge in [-0.25, -0.2) is 9.66 Å². The van der Waals surface area contributed by atoms with Gasteiger partial charge in [0, 0.05) is 11.6 Å². The lowest BCUT2D eigenvalue weighted by Crippen LogP contribution is -2.28. The molecule has 7 nitrogen and oxygen atoms in total. The average molecular weight is 381 g/mol. The molecule has 0 unspecified atom stereocenters. The third kappa shape index (κ3) is 3.85. The number of allylic oxidation sites excluding steroid dienone is 4. The summed E-state index contributed by atoms with van der Waals surface area (Å²) in [5, 5.41) is 9.86. The molecule has 4 rings (SSSR count). The summed E-state index contributed by atoms with van der Waals surface area (Å²) in [5.74, 6) is 0.606. The first-order valence-corrected chi connectivity index (χ1v) is 9.46. The molecule has 2 aromatic heterocycles. The van der Waals surface area contributed by atoms with E-state index in [0.717, 1.165) is 46.8 Å². The Morgan fingerprint density at radius 2 is 2.22 bits per heavy atom. The molecule has 0 saturated heterocycles. The Bertz CT molecular complexity index is 1100. The summed E-state index contributed by atoms with van der Waals surface area (Å²) in [5.41, 5.74) is 5.77. The zero-order valence-corrected chi connectivity index (χ0v) is 15.4. The topological polar surface area (TPSA) is 95.3 Å². The van der Waals surface area contributed by atoms with Crippen molar-refractivity contribution in [2.75, 3.05) is 12.0 Å². The molecule has 2 aromatic rings. The minimum atomic E-state index is -0.291. The number of nitrogens with one attached hydrogen (secondary N) is 2. The molecule has 0 radical (unpaired) electrons. The molecule has 138 valence electrons. The fourth-order valence-corrected chi connectivity index (χ4v) is 3.39. The van der Waals surface area contributed by atoms with E-state index in [4.69, 9.17) is 9.98 Å². The van der Waals surface area contributed by atoms with Crippen LogP contribution < -0.4 is 15.8 Å². The Hall–Kier alpha value is -3.13. The highest BCUT2D eigenvalue weighted by molar-refractivity contribution is 7.10.